The van der Waals surface area contributed by atoms with Crippen molar-refractivity contribution in [2.45, 2.75) is 38.6 Å². The minimum Gasteiger partial charge on any atom is -0.465 e. The zero-order chi connectivity index (χ0) is 24.1. The molecular weight excluding hydrogens is 500 g/mol. The summed E-state index contributed by atoms with van der Waals surface area (Å²) in [6.45, 7) is 1.16. The summed E-state index contributed by atoms with van der Waals surface area (Å²) in [5, 5.41) is 17.9. The average molecular weight is 527 g/mol. The Morgan fingerprint density at radius 2 is 1.76 bits per heavy atom. The summed E-state index contributed by atoms with van der Waals surface area (Å²) >= 11 is 3.54. The third-order valence-electron chi connectivity index (χ3n) is 5.93. The molecule has 178 valence electrons. The summed E-state index contributed by atoms with van der Waals surface area (Å²) in [6.07, 6.45) is 2.67. The van der Waals surface area contributed by atoms with Crippen molar-refractivity contribution in [3.05, 3.63) is 52.5 Å². The minimum absolute atomic E-state index is 0.0757. The summed E-state index contributed by atoms with van der Waals surface area (Å²) in [5.74, 6) is -0.163. The summed E-state index contributed by atoms with van der Waals surface area (Å²) in [4.78, 5) is 36.0. The maximum atomic E-state index is 12.9. The molecule has 4 rings (SSSR count). The van der Waals surface area contributed by atoms with E-state index in [1.165, 1.54) is 0 Å². The average Bonchev–Trinajstić information content (AvgIpc) is 2.98. The molecule has 0 radical (unpaired) electrons. The van der Waals surface area contributed by atoms with Crippen LogP contribution in [0.3, 0.4) is 0 Å². The van der Waals surface area contributed by atoms with Crippen molar-refractivity contribution in [2.24, 2.45) is 0 Å². The number of carbonyl (C=O) groups is 3. The summed E-state index contributed by atoms with van der Waals surface area (Å²) in [7, 11) is 0. The second kappa shape index (κ2) is 10.7. The number of aromatic nitrogens is 1. The number of nitrogens with zero attached hydrogens (tertiary/aromatic N) is 1. The third-order valence-corrected chi connectivity index (χ3v) is 6.42. The molecule has 9 heteroatoms. The van der Waals surface area contributed by atoms with Crippen molar-refractivity contribution in [2.75, 3.05) is 18.4 Å². The number of amides is 3. The molecule has 2 heterocycles. The maximum Gasteiger partial charge on any atom is 0.404 e. The molecule has 1 aliphatic rings. The number of carbonyl (C=O) groups excluding carboxylic acids is 2. The van der Waals surface area contributed by atoms with Gasteiger partial charge in [0.1, 0.15) is 6.54 Å². The Balaban J connectivity index is 1.50. The van der Waals surface area contributed by atoms with Crippen molar-refractivity contribution >= 4 is 50.4 Å². The zero-order valence-corrected chi connectivity index (χ0v) is 20.3. The fourth-order valence-corrected chi connectivity index (χ4v) is 4.79. The lowest BCUT2D eigenvalue weighted by molar-refractivity contribution is -0.121. The first-order valence-electron chi connectivity index (χ1n) is 11.4. The van der Waals surface area contributed by atoms with E-state index in [1.54, 1.807) is 0 Å². The fraction of sp³-hybridized carbons (Fsp3) is 0.320. The van der Waals surface area contributed by atoms with Crippen LogP contribution in [0.4, 0.5) is 10.5 Å². The van der Waals surface area contributed by atoms with Gasteiger partial charge >= 0.3 is 6.09 Å². The fourth-order valence-electron chi connectivity index (χ4n) is 4.43. The molecule has 0 saturated heterocycles. The molecule has 8 nitrogen and oxygen atoms in total. The van der Waals surface area contributed by atoms with Crippen LogP contribution in [0.1, 0.15) is 31.2 Å². The van der Waals surface area contributed by atoms with E-state index in [-0.39, 0.29) is 24.8 Å². The molecular formula is C25H27BrN4O4. The van der Waals surface area contributed by atoms with Crippen molar-refractivity contribution in [1.29, 1.82) is 0 Å². The topological polar surface area (TPSA) is 112 Å². The molecule has 0 bridgehead atoms. The van der Waals surface area contributed by atoms with E-state index in [0.29, 0.717) is 13.1 Å². The first-order chi connectivity index (χ1) is 16.4. The van der Waals surface area contributed by atoms with Crippen molar-refractivity contribution in [3.63, 3.8) is 0 Å². The van der Waals surface area contributed by atoms with Crippen molar-refractivity contribution < 1.29 is 19.5 Å². The summed E-state index contributed by atoms with van der Waals surface area (Å²) in [5.41, 5.74) is 4.37. The molecule has 0 saturated carbocycles. The van der Waals surface area contributed by atoms with Crippen LogP contribution in [-0.2, 0) is 22.6 Å². The molecule has 4 N–H and O–H groups in total. The number of para-hydroxylation sites is 1. The van der Waals surface area contributed by atoms with Gasteiger partial charge in [0.05, 0.1) is 17.8 Å². The number of carboxylic acid groups (broad SMARTS) is 1. The number of benzene rings is 2. The Labute approximate surface area is 205 Å². The van der Waals surface area contributed by atoms with Crippen LogP contribution in [0.2, 0.25) is 0 Å². The molecule has 34 heavy (non-hydrogen) atoms. The van der Waals surface area contributed by atoms with E-state index in [2.05, 4.69) is 31.9 Å². The number of hydrogen-bond acceptors (Lipinski definition) is 3. The van der Waals surface area contributed by atoms with Crippen LogP contribution in [0.25, 0.3) is 22.2 Å². The molecule has 2 aromatic carbocycles. The SMILES string of the molecule is O=C(O)NCCCCCCNC(=O)Cn1c2c(c3cc(Br)ccc31)CC(=O)Nc1ccccc1-2. The number of fused-ring (bicyclic) bond motifs is 5. The highest BCUT2D eigenvalue weighted by atomic mass is 79.9. The van der Waals surface area contributed by atoms with Crippen LogP contribution in [0.15, 0.2) is 46.9 Å². The Bertz CT molecular complexity index is 1240. The Kier molecular flexibility index (Phi) is 7.52. The van der Waals surface area contributed by atoms with E-state index in [1.807, 2.05) is 47.0 Å². The van der Waals surface area contributed by atoms with E-state index < -0.39 is 6.09 Å². The third kappa shape index (κ3) is 5.41. The van der Waals surface area contributed by atoms with Crippen LogP contribution in [-0.4, -0.2) is 40.7 Å². The standard InChI is InChI=1S/C25H27BrN4O4/c26-16-9-10-21-18(13-16)19-14-22(31)29-20-8-4-3-7-17(20)24(19)30(21)15-23(32)27-11-5-1-2-6-12-28-25(33)34/h3-4,7-10,13,28H,1-2,5-6,11-12,14-15H2,(H,27,32)(H,29,31)(H,33,34). The first kappa shape index (κ1) is 23.8. The van der Waals surface area contributed by atoms with E-state index in [0.717, 1.165) is 63.6 Å². The maximum absolute atomic E-state index is 12.9. The molecule has 0 aliphatic carbocycles. The van der Waals surface area contributed by atoms with Gasteiger partial charge in [-0.05, 0) is 42.7 Å². The highest BCUT2D eigenvalue weighted by Gasteiger charge is 2.26. The monoisotopic (exact) mass is 526 g/mol. The van der Waals surface area contributed by atoms with Gasteiger partial charge in [-0.1, -0.05) is 47.0 Å². The van der Waals surface area contributed by atoms with Gasteiger partial charge in [-0.15, -0.1) is 0 Å². The van der Waals surface area contributed by atoms with Gasteiger partial charge in [-0.25, -0.2) is 4.79 Å². The summed E-state index contributed by atoms with van der Waals surface area (Å²) < 4.78 is 2.92. The van der Waals surface area contributed by atoms with Crippen LogP contribution in [0, 0.1) is 0 Å². The molecule has 0 unspecified atom stereocenters. The largest absolute Gasteiger partial charge is 0.465 e. The Morgan fingerprint density at radius 1 is 1.03 bits per heavy atom. The highest BCUT2D eigenvalue weighted by Crippen LogP contribution is 2.40. The van der Waals surface area contributed by atoms with Crippen molar-refractivity contribution in [1.82, 2.24) is 15.2 Å². The smallest absolute Gasteiger partial charge is 0.404 e. The predicted molar refractivity (Wildman–Crippen MR) is 135 cm³/mol. The van der Waals surface area contributed by atoms with Gasteiger partial charge in [-0.3, -0.25) is 9.59 Å². The Morgan fingerprint density at radius 3 is 2.53 bits per heavy atom. The molecule has 0 spiro atoms. The lowest BCUT2D eigenvalue weighted by Gasteiger charge is -2.14. The number of nitrogens with one attached hydrogen (secondary N) is 3. The minimum atomic E-state index is -1.00. The van der Waals surface area contributed by atoms with Gasteiger partial charge in [0.25, 0.3) is 0 Å². The lowest BCUT2D eigenvalue weighted by atomic mass is 10.0. The molecule has 3 amide bonds. The molecule has 1 aliphatic heterocycles. The molecule has 0 atom stereocenters. The van der Waals surface area contributed by atoms with Gasteiger partial charge in [0.2, 0.25) is 11.8 Å². The molecule has 3 aromatic rings. The van der Waals surface area contributed by atoms with Gasteiger partial charge in [0, 0.05) is 34.0 Å². The van der Waals surface area contributed by atoms with Crippen molar-refractivity contribution in [3.8, 4) is 11.3 Å². The number of rotatable bonds is 9. The summed E-state index contributed by atoms with van der Waals surface area (Å²) in [6, 6.07) is 13.6. The second-order valence-electron chi connectivity index (χ2n) is 8.34. The van der Waals surface area contributed by atoms with Crippen LogP contribution >= 0.6 is 15.9 Å². The number of hydrogen-bond donors (Lipinski definition) is 4. The van der Waals surface area contributed by atoms with E-state index >= 15 is 0 Å². The highest BCUT2D eigenvalue weighted by molar-refractivity contribution is 9.10. The van der Waals surface area contributed by atoms with Crippen LogP contribution < -0.4 is 16.0 Å². The molecule has 1 aromatic heterocycles. The van der Waals surface area contributed by atoms with Gasteiger partial charge in [-0.2, -0.15) is 0 Å². The normalized spacial score (nSPS) is 12.4. The lowest BCUT2D eigenvalue weighted by Crippen LogP contribution is -2.28. The van der Waals surface area contributed by atoms with Crippen LogP contribution in [0.5, 0.6) is 0 Å². The van der Waals surface area contributed by atoms with Gasteiger partial charge in [0.15, 0.2) is 0 Å². The van der Waals surface area contributed by atoms with E-state index in [9.17, 15) is 14.4 Å². The van der Waals surface area contributed by atoms with E-state index in [4.69, 9.17) is 5.11 Å². The number of unbranched alkanes of at least 4 members (excludes halogenated alkanes) is 3. The zero-order valence-electron chi connectivity index (χ0n) is 18.7. The number of halogens is 1. The first-order valence-corrected chi connectivity index (χ1v) is 12.2. The second-order valence-corrected chi connectivity index (χ2v) is 9.26. The van der Waals surface area contributed by atoms with Gasteiger partial charge < -0.3 is 25.6 Å². The predicted octanol–water partition coefficient (Wildman–Crippen LogP) is 4.51. The quantitative estimate of drug-likeness (QED) is 0.307. The molecule has 0 fully saturated rings. The number of anilines is 1. The Hall–Kier alpha value is -3.33.